The topological polar surface area (TPSA) is 95.9 Å². The van der Waals surface area contributed by atoms with E-state index in [2.05, 4.69) is 105 Å². The summed E-state index contributed by atoms with van der Waals surface area (Å²) in [6, 6.07) is -0.728. The van der Waals surface area contributed by atoms with Crippen LogP contribution < -0.4 is 5.32 Å². The van der Waals surface area contributed by atoms with Crippen molar-refractivity contribution in [2.24, 2.45) is 0 Å². The van der Waals surface area contributed by atoms with Crippen molar-refractivity contribution in [3.63, 3.8) is 0 Å². The molecule has 0 heterocycles. The van der Waals surface area contributed by atoms with Crippen molar-refractivity contribution < 1.29 is 24.5 Å². The number of amides is 1. The number of esters is 1. The number of carbonyl (C=O) groups is 2. The summed E-state index contributed by atoms with van der Waals surface area (Å²) in [6.45, 7) is 6.18. The van der Waals surface area contributed by atoms with E-state index < -0.39 is 18.2 Å². The van der Waals surface area contributed by atoms with Crippen molar-refractivity contribution in [3.8, 4) is 0 Å². The average molecular weight is 820 g/mol. The second-order valence-electron chi connectivity index (χ2n) is 15.8. The molecule has 0 aromatic carbocycles. The molecule has 6 heteroatoms. The molecule has 0 aliphatic carbocycles. The first-order valence-electron chi connectivity index (χ1n) is 24.0. The molecular formula is C53H89NO5. The number of unbranched alkanes of at least 4 members (excludes halogenated alkanes) is 16. The standard InChI is InChI=1S/C53H89NO5/c1-4-7-10-13-16-19-22-24-26-28-31-34-37-40-43-46-53(58)59-49(44-41-38-35-32-30-27-25-23-20-17-14-11-8-5-2)47-52(57)54-50(48-55)51(56)45-42-39-36-33-29-21-18-15-12-9-6-3/h7-8,10-11,13,16-17,19-20,22,24-27,32,35,49-51,55-56H,4-6,9,12,14-15,18,21,23,28-31,33-34,36-48H2,1-3H3,(H,54,57)/b10-7+,11-8+,16-13+,20-17+,22-19+,26-24-,27-25+,35-32+. The molecule has 0 aliphatic rings. The fourth-order valence-electron chi connectivity index (χ4n) is 6.67. The van der Waals surface area contributed by atoms with Gasteiger partial charge in [-0.2, -0.15) is 0 Å². The molecule has 0 radical (unpaired) electrons. The zero-order valence-electron chi connectivity index (χ0n) is 38.1. The van der Waals surface area contributed by atoms with Crippen LogP contribution in [0.25, 0.3) is 0 Å². The Kier molecular flexibility index (Phi) is 43.4. The zero-order valence-corrected chi connectivity index (χ0v) is 38.1. The second-order valence-corrected chi connectivity index (χ2v) is 15.8. The van der Waals surface area contributed by atoms with Gasteiger partial charge in [-0.1, -0.05) is 208 Å². The third-order valence-electron chi connectivity index (χ3n) is 10.3. The molecule has 0 aromatic rings. The van der Waals surface area contributed by atoms with Crippen molar-refractivity contribution in [2.45, 2.75) is 219 Å². The van der Waals surface area contributed by atoms with Crippen molar-refractivity contribution in [3.05, 3.63) is 97.2 Å². The van der Waals surface area contributed by atoms with Crippen LogP contribution in [0.4, 0.5) is 0 Å². The number of hydrogen-bond donors (Lipinski definition) is 3. The Morgan fingerprint density at radius 1 is 0.525 bits per heavy atom. The largest absolute Gasteiger partial charge is 0.462 e. The summed E-state index contributed by atoms with van der Waals surface area (Å²) in [5.41, 5.74) is 0. The van der Waals surface area contributed by atoms with E-state index in [1.807, 2.05) is 18.2 Å². The number of allylic oxidation sites excluding steroid dienone is 16. The molecule has 0 bridgehead atoms. The van der Waals surface area contributed by atoms with E-state index >= 15 is 0 Å². The van der Waals surface area contributed by atoms with Gasteiger partial charge in [-0.15, -0.1) is 0 Å². The molecule has 6 nitrogen and oxygen atoms in total. The Morgan fingerprint density at radius 2 is 1.02 bits per heavy atom. The van der Waals surface area contributed by atoms with Gasteiger partial charge >= 0.3 is 5.97 Å². The van der Waals surface area contributed by atoms with E-state index in [4.69, 9.17) is 4.74 Å². The molecule has 0 aliphatic heterocycles. The van der Waals surface area contributed by atoms with E-state index in [0.717, 1.165) is 103 Å². The Bertz CT molecular complexity index is 1190. The molecule has 0 aromatic heterocycles. The molecule has 59 heavy (non-hydrogen) atoms. The minimum Gasteiger partial charge on any atom is -0.462 e. The van der Waals surface area contributed by atoms with Crippen molar-refractivity contribution >= 4 is 11.9 Å². The van der Waals surface area contributed by atoms with Crippen LogP contribution in [0.1, 0.15) is 201 Å². The quantitative estimate of drug-likeness (QED) is 0.0247. The predicted molar refractivity (Wildman–Crippen MR) is 254 cm³/mol. The maximum absolute atomic E-state index is 13.2. The smallest absolute Gasteiger partial charge is 0.306 e. The molecule has 0 fully saturated rings. The zero-order chi connectivity index (χ0) is 43.1. The van der Waals surface area contributed by atoms with Gasteiger partial charge in [-0.3, -0.25) is 9.59 Å². The molecule has 3 N–H and O–H groups in total. The number of carbonyl (C=O) groups excluding carboxylic acids is 2. The Morgan fingerprint density at radius 3 is 1.61 bits per heavy atom. The van der Waals surface area contributed by atoms with Gasteiger partial charge in [0, 0.05) is 6.42 Å². The summed E-state index contributed by atoms with van der Waals surface area (Å²) in [7, 11) is 0. The number of rotatable bonds is 41. The van der Waals surface area contributed by atoms with Crippen LogP contribution in [0.5, 0.6) is 0 Å². The fourth-order valence-corrected chi connectivity index (χ4v) is 6.67. The van der Waals surface area contributed by atoms with Crippen LogP contribution in [0.15, 0.2) is 97.2 Å². The summed E-state index contributed by atoms with van der Waals surface area (Å²) in [6.07, 6.45) is 60.4. The van der Waals surface area contributed by atoms with Crippen molar-refractivity contribution in [2.75, 3.05) is 6.61 Å². The van der Waals surface area contributed by atoms with Gasteiger partial charge in [-0.05, 0) is 77.0 Å². The first-order valence-corrected chi connectivity index (χ1v) is 24.0. The Balaban J connectivity index is 4.76. The molecule has 0 saturated carbocycles. The second kappa shape index (κ2) is 45.9. The monoisotopic (exact) mass is 820 g/mol. The first kappa shape index (κ1) is 55.8. The lowest BCUT2D eigenvalue weighted by atomic mass is 10.0. The van der Waals surface area contributed by atoms with Gasteiger partial charge in [0.15, 0.2) is 0 Å². The average Bonchev–Trinajstić information content (AvgIpc) is 3.23. The van der Waals surface area contributed by atoms with Gasteiger partial charge in [-0.25, -0.2) is 0 Å². The van der Waals surface area contributed by atoms with Crippen molar-refractivity contribution in [1.82, 2.24) is 5.32 Å². The van der Waals surface area contributed by atoms with Gasteiger partial charge in [0.05, 0.1) is 25.2 Å². The minimum absolute atomic E-state index is 0.0243. The van der Waals surface area contributed by atoms with Crippen LogP contribution >= 0.6 is 0 Å². The van der Waals surface area contributed by atoms with Gasteiger partial charge < -0.3 is 20.3 Å². The minimum atomic E-state index is -0.810. The molecule has 0 spiro atoms. The van der Waals surface area contributed by atoms with E-state index in [1.54, 1.807) is 0 Å². The van der Waals surface area contributed by atoms with Gasteiger partial charge in [0.25, 0.3) is 0 Å². The molecule has 0 rings (SSSR count). The van der Waals surface area contributed by atoms with E-state index in [1.165, 1.54) is 51.4 Å². The highest BCUT2D eigenvalue weighted by Gasteiger charge is 2.24. The molecule has 336 valence electrons. The fraction of sp³-hybridized carbons (Fsp3) is 0.660. The maximum atomic E-state index is 13.2. The molecule has 0 saturated heterocycles. The van der Waals surface area contributed by atoms with E-state index in [0.29, 0.717) is 19.3 Å². The molecular weight excluding hydrogens is 731 g/mol. The van der Waals surface area contributed by atoms with E-state index in [-0.39, 0.29) is 24.9 Å². The maximum Gasteiger partial charge on any atom is 0.306 e. The Labute approximate surface area is 363 Å². The predicted octanol–water partition coefficient (Wildman–Crippen LogP) is 14.2. The number of aliphatic hydroxyl groups is 2. The van der Waals surface area contributed by atoms with Gasteiger partial charge in [0.1, 0.15) is 6.10 Å². The number of nitrogens with one attached hydrogen (secondary N) is 1. The SMILES string of the molecule is CC/C=C/C=C/C=C/C=C\CCCCCCCC(=O)OC(CCC/C=C/C/C=C/C/C=C/C/C=C/CC)CC(=O)NC(CO)C(O)CCCCCCCCCCCCC. The third-order valence-corrected chi connectivity index (χ3v) is 10.3. The molecule has 3 atom stereocenters. The highest BCUT2D eigenvalue weighted by atomic mass is 16.5. The number of aliphatic hydroxyl groups excluding tert-OH is 2. The summed E-state index contributed by atoms with van der Waals surface area (Å²) in [5, 5.41) is 23.7. The van der Waals surface area contributed by atoms with Gasteiger partial charge in [0.2, 0.25) is 5.91 Å². The Hall–Kier alpha value is -3.22. The summed E-state index contributed by atoms with van der Waals surface area (Å²) < 4.78 is 5.88. The lowest BCUT2D eigenvalue weighted by Crippen LogP contribution is -2.46. The van der Waals surface area contributed by atoms with Crippen LogP contribution in [0.3, 0.4) is 0 Å². The molecule has 1 amide bonds. The summed E-state index contributed by atoms with van der Waals surface area (Å²) >= 11 is 0. The van der Waals surface area contributed by atoms with Crippen LogP contribution in [0.2, 0.25) is 0 Å². The lowest BCUT2D eigenvalue weighted by Gasteiger charge is -2.24. The molecule has 3 unspecified atom stereocenters. The van der Waals surface area contributed by atoms with Crippen LogP contribution in [0, 0.1) is 0 Å². The van der Waals surface area contributed by atoms with Crippen LogP contribution in [-0.2, 0) is 14.3 Å². The summed E-state index contributed by atoms with van der Waals surface area (Å²) in [5.74, 6) is -0.566. The number of hydrogen-bond acceptors (Lipinski definition) is 5. The lowest BCUT2D eigenvalue weighted by molar-refractivity contribution is -0.151. The summed E-state index contributed by atoms with van der Waals surface area (Å²) in [4.78, 5) is 26.1. The normalized spacial score (nSPS) is 14.2. The van der Waals surface area contributed by atoms with E-state index in [9.17, 15) is 19.8 Å². The highest BCUT2D eigenvalue weighted by molar-refractivity contribution is 5.77. The van der Waals surface area contributed by atoms with Crippen LogP contribution in [-0.4, -0.2) is 46.9 Å². The van der Waals surface area contributed by atoms with Crippen molar-refractivity contribution in [1.29, 1.82) is 0 Å². The number of ether oxygens (including phenoxy) is 1. The highest BCUT2D eigenvalue weighted by Crippen LogP contribution is 2.16. The third kappa shape index (κ3) is 41.3. The first-order chi connectivity index (χ1) is 29.0.